The van der Waals surface area contributed by atoms with Gasteiger partial charge in [0.05, 0.1) is 0 Å². The van der Waals surface area contributed by atoms with Gasteiger partial charge in [-0.15, -0.1) is 0 Å². The molecule has 3 rings (SSSR count). The van der Waals surface area contributed by atoms with Gasteiger partial charge < -0.3 is 9.64 Å². The lowest BCUT2D eigenvalue weighted by molar-refractivity contribution is -0.133. The Morgan fingerprint density at radius 1 is 1.18 bits per heavy atom. The number of amides is 1. The highest BCUT2D eigenvalue weighted by Gasteiger charge is 2.22. The van der Waals surface area contributed by atoms with Crippen molar-refractivity contribution in [3.63, 3.8) is 0 Å². The third-order valence-corrected chi connectivity index (χ3v) is 4.99. The molecule has 0 saturated carbocycles. The van der Waals surface area contributed by atoms with Crippen LogP contribution in [0.3, 0.4) is 0 Å². The zero-order chi connectivity index (χ0) is 20.1. The fourth-order valence-corrected chi connectivity index (χ4v) is 3.25. The molecule has 6 nitrogen and oxygen atoms in total. The van der Waals surface area contributed by atoms with Crippen LogP contribution in [-0.4, -0.2) is 64.8 Å². The molecule has 1 aromatic heterocycles. The van der Waals surface area contributed by atoms with Crippen molar-refractivity contribution in [2.75, 3.05) is 39.3 Å². The number of halogens is 2. The zero-order valence-electron chi connectivity index (χ0n) is 16.3. The van der Waals surface area contributed by atoms with Crippen molar-refractivity contribution in [1.82, 2.24) is 19.6 Å². The van der Waals surface area contributed by atoms with E-state index < -0.39 is 6.43 Å². The summed E-state index contributed by atoms with van der Waals surface area (Å²) in [5, 5.41) is 3.83. The molecule has 1 amide bonds. The molecule has 1 aromatic carbocycles. The molecule has 0 radical (unpaired) electrons. The Morgan fingerprint density at radius 2 is 1.89 bits per heavy atom. The second-order valence-corrected chi connectivity index (χ2v) is 7.01. The van der Waals surface area contributed by atoms with Crippen molar-refractivity contribution in [1.29, 1.82) is 0 Å². The van der Waals surface area contributed by atoms with E-state index in [1.165, 1.54) is 10.7 Å². The summed E-state index contributed by atoms with van der Waals surface area (Å²) >= 11 is 0. The SMILES string of the molecule is Cc1ccccc1OCCN1CCN(C(=O)Cn2nc(C(F)F)cc2C)CC1. The van der Waals surface area contributed by atoms with Gasteiger partial charge in [0.2, 0.25) is 5.91 Å². The summed E-state index contributed by atoms with van der Waals surface area (Å²) in [7, 11) is 0. The third kappa shape index (κ3) is 5.07. The van der Waals surface area contributed by atoms with Gasteiger partial charge in [-0.05, 0) is 31.5 Å². The Bertz CT molecular complexity index is 801. The van der Waals surface area contributed by atoms with Gasteiger partial charge in [-0.25, -0.2) is 8.78 Å². The number of nitrogens with zero attached hydrogens (tertiary/aromatic N) is 4. The van der Waals surface area contributed by atoms with E-state index in [4.69, 9.17) is 4.74 Å². The minimum atomic E-state index is -2.62. The van der Waals surface area contributed by atoms with Crippen LogP contribution in [0.5, 0.6) is 5.75 Å². The average molecular weight is 392 g/mol. The lowest BCUT2D eigenvalue weighted by Crippen LogP contribution is -2.50. The summed E-state index contributed by atoms with van der Waals surface area (Å²) in [5.41, 5.74) is 1.39. The van der Waals surface area contributed by atoms with Gasteiger partial charge in [-0.1, -0.05) is 18.2 Å². The number of piperazine rings is 1. The van der Waals surface area contributed by atoms with Crippen LogP contribution >= 0.6 is 0 Å². The molecule has 0 atom stereocenters. The third-order valence-electron chi connectivity index (χ3n) is 4.99. The van der Waals surface area contributed by atoms with Gasteiger partial charge in [0.1, 0.15) is 24.6 Å². The molecule has 2 aromatic rings. The van der Waals surface area contributed by atoms with Crippen LogP contribution in [0, 0.1) is 13.8 Å². The number of hydrogen-bond donors (Lipinski definition) is 0. The molecule has 0 spiro atoms. The van der Waals surface area contributed by atoms with Crippen LogP contribution in [-0.2, 0) is 11.3 Å². The lowest BCUT2D eigenvalue weighted by atomic mass is 10.2. The second kappa shape index (κ2) is 9.14. The maximum atomic E-state index is 12.7. The van der Waals surface area contributed by atoms with Crippen molar-refractivity contribution in [2.45, 2.75) is 26.8 Å². The molecule has 0 unspecified atom stereocenters. The molecule has 1 aliphatic heterocycles. The standard InChI is InChI=1S/C20H26F2N4O2/c1-15-5-3-4-6-18(15)28-12-11-24-7-9-25(10-8-24)19(27)14-26-16(2)13-17(23-26)20(21)22/h3-6,13,20H,7-12,14H2,1-2H3. The summed E-state index contributed by atoms with van der Waals surface area (Å²) < 4.78 is 32.7. The number of rotatable bonds is 7. The van der Waals surface area contributed by atoms with Gasteiger partial charge in [0.25, 0.3) is 6.43 Å². The number of carbonyl (C=O) groups is 1. The number of carbonyl (C=O) groups excluding carboxylic acids is 1. The number of benzene rings is 1. The van der Waals surface area contributed by atoms with Crippen LogP contribution in [0.15, 0.2) is 30.3 Å². The monoisotopic (exact) mass is 392 g/mol. The summed E-state index contributed by atoms with van der Waals surface area (Å²) in [6, 6.07) is 9.24. The predicted octanol–water partition coefficient (Wildman–Crippen LogP) is 2.66. The highest BCUT2D eigenvalue weighted by atomic mass is 19.3. The predicted molar refractivity (Wildman–Crippen MR) is 102 cm³/mol. The average Bonchev–Trinajstić information content (AvgIpc) is 3.04. The van der Waals surface area contributed by atoms with Crippen LogP contribution in [0.2, 0.25) is 0 Å². The first-order chi connectivity index (χ1) is 13.4. The molecule has 152 valence electrons. The minimum absolute atomic E-state index is 0.00501. The molecule has 8 heteroatoms. The van der Waals surface area contributed by atoms with Crippen LogP contribution in [0.25, 0.3) is 0 Å². The summed E-state index contributed by atoms with van der Waals surface area (Å²) in [5.74, 6) is 0.803. The Kier molecular flexibility index (Phi) is 6.61. The summed E-state index contributed by atoms with van der Waals surface area (Å²) in [6.07, 6.45) is -2.62. The zero-order valence-corrected chi connectivity index (χ0v) is 16.3. The highest BCUT2D eigenvalue weighted by molar-refractivity contribution is 5.76. The minimum Gasteiger partial charge on any atom is -0.492 e. The Morgan fingerprint density at radius 3 is 2.54 bits per heavy atom. The topological polar surface area (TPSA) is 50.6 Å². The van der Waals surface area contributed by atoms with Crippen molar-refractivity contribution < 1.29 is 18.3 Å². The number of aryl methyl sites for hydroxylation is 2. The molecule has 1 saturated heterocycles. The molecule has 1 aliphatic rings. The van der Waals surface area contributed by atoms with Crippen molar-refractivity contribution in [3.8, 4) is 5.75 Å². The number of hydrogen-bond acceptors (Lipinski definition) is 4. The first-order valence-electron chi connectivity index (χ1n) is 9.45. The van der Waals surface area contributed by atoms with E-state index in [0.717, 1.165) is 30.9 Å². The Balaban J connectivity index is 1.42. The Labute approximate surface area is 163 Å². The van der Waals surface area contributed by atoms with E-state index in [-0.39, 0.29) is 18.1 Å². The molecule has 0 bridgehead atoms. The van der Waals surface area contributed by atoms with Gasteiger partial charge in [-0.2, -0.15) is 5.10 Å². The largest absolute Gasteiger partial charge is 0.492 e. The quantitative estimate of drug-likeness (QED) is 0.727. The van der Waals surface area contributed by atoms with Crippen molar-refractivity contribution in [2.24, 2.45) is 0 Å². The lowest BCUT2D eigenvalue weighted by Gasteiger charge is -2.34. The fraction of sp³-hybridized carbons (Fsp3) is 0.500. The van der Waals surface area contributed by atoms with Crippen LogP contribution in [0.4, 0.5) is 8.78 Å². The highest BCUT2D eigenvalue weighted by Crippen LogP contribution is 2.18. The van der Waals surface area contributed by atoms with Gasteiger partial charge in [-0.3, -0.25) is 14.4 Å². The summed E-state index contributed by atoms with van der Waals surface area (Å²) in [4.78, 5) is 16.5. The van der Waals surface area contributed by atoms with E-state index in [1.54, 1.807) is 11.8 Å². The number of aromatic nitrogens is 2. The van der Waals surface area contributed by atoms with Gasteiger partial charge in [0, 0.05) is 38.4 Å². The van der Waals surface area contributed by atoms with Gasteiger partial charge >= 0.3 is 0 Å². The van der Waals surface area contributed by atoms with E-state index in [1.807, 2.05) is 31.2 Å². The maximum Gasteiger partial charge on any atom is 0.282 e. The molecule has 1 fully saturated rings. The van der Waals surface area contributed by atoms with Gasteiger partial charge in [0.15, 0.2) is 0 Å². The first kappa shape index (κ1) is 20.3. The number of para-hydroxylation sites is 1. The number of alkyl halides is 2. The van der Waals surface area contributed by atoms with Crippen molar-refractivity contribution >= 4 is 5.91 Å². The molecular formula is C20H26F2N4O2. The van der Waals surface area contributed by atoms with E-state index in [0.29, 0.717) is 25.4 Å². The molecule has 2 heterocycles. The van der Waals surface area contributed by atoms with E-state index >= 15 is 0 Å². The molecule has 28 heavy (non-hydrogen) atoms. The fourth-order valence-electron chi connectivity index (χ4n) is 3.25. The van der Waals surface area contributed by atoms with Crippen molar-refractivity contribution in [3.05, 3.63) is 47.3 Å². The van der Waals surface area contributed by atoms with E-state index in [9.17, 15) is 13.6 Å². The molecular weight excluding hydrogens is 366 g/mol. The molecule has 0 N–H and O–H groups in total. The smallest absolute Gasteiger partial charge is 0.282 e. The summed E-state index contributed by atoms with van der Waals surface area (Å²) in [6.45, 7) is 7.86. The first-order valence-corrected chi connectivity index (χ1v) is 9.45. The second-order valence-electron chi connectivity index (χ2n) is 7.01. The molecule has 0 aliphatic carbocycles. The normalized spacial score (nSPS) is 15.2. The maximum absolute atomic E-state index is 12.7. The number of ether oxygens (including phenoxy) is 1. The van der Waals surface area contributed by atoms with E-state index in [2.05, 4.69) is 10.00 Å². The van der Waals surface area contributed by atoms with Crippen LogP contribution < -0.4 is 4.74 Å². The van der Waals surface area contributed by atoms with Crippen LogP contribution in [0.1, 0.15) is 23.4 Å². The Hall–Kier alpha value is -2.48.